The summed E-state index contributed by atoms with van der Waals surface area (Å²) in [6.07, 6.45) is -2.86. The van der Waals surface area contributed by atoms with Crippen LogP contribution in [-0.2, 0) is 81.6 Å². The standard InChI is InChI=1S/C52H58O13/c1-30(2)50-44(64-50)45-52(65-45)49(4)23-22-35-36(28-59-46(35)55)37(49)24-39-51(52,63-39)48(50)62-41(54)21-20-40(53)61-47-43(58-27-34-18-12-7-13-19-34)31(3)42(57-26-33-16-10-6-11-17-33)38(60-47)29-56-25-32-14-8-5-9-15-32/h5-19,30-31,37-39,42-45,47-48H,20-29H2,1-4H3/t31-,37-,38?,39-,42+,43?,44-,45-,47+,48+,49-,50-,51+,52+/m0/s1. The van der Waals surface area contributed by atoms with E-state index in [0.29, 0.717) is 32.7 Å². The second kappa shape index (κ2) is 16.4. The van der Waals surface area contributed by atoms with E-state index in [0.717, 1.165) is 34.3 Å². The number of ether oxygens (including phenoxy) is 10. The van der Waals surface area contributed by atoms with Crippen molar-refractivity contribution in [2.75, 3.05) is 13.2 Å². The number of hydrogen-bond acceptors (Lipinski definition) is 13. The second-order valence-electron chi connectivity index (χ2n) is 19.8. The van der Waals surface area contributed by atoms with E-state index in [9.17, 15) is 14.4 Å². The molecule has 6 fully saturated rings. The van der Waals surface area contributed by atoms with Gasteiger partial charge in [-0.05, 0) is 53.4 Å². The smallest absolute Gasteiger partial charge is 0.334 e. The van der Waals surface area contributed by atoms with Crippen LogP contribution in [0.4, 0.5) is 0 Å². The first-order chi connectivity index (χ1) is 31.5. The van der Waals surface area contributed by atoms with E-state index in [2.05, 4.69) is 20.8 Å². The van der Waals surface area contributed by atoms with Crippen LogP contribution in [0, 0.1) is 23.2 Å². The largest absolute Gasteiger partial charge is 0.458 e. The fraction of sp³-hybridized carbons (Fsp3) is 0.558. The number of benzene rings is 3. The molecule has 3 aliphatic carbocycles. The van der Waals surface area contributed by atoms with Crippen LogP contribution in [0.3, 0.4) is 0 Å². The highest BCUT2D eigenvalue weighted by atomic mass is 16.8. The van der Waals surface area contributed by atoms with Gasteiger partial charge < -0.3 is 47.4 Å². The third-order valence-electron chi connectivity index (χ3n) is 16.0. The monoisotopic (exact) mass is 890 g/mol. The van der Waals surface area contributed by atoms with Gasteiger partial charge in [0.2, 0.25) is 6.29 Å². The van der Waals surface area contributed by atoms with E-state index in [-0.39, 0.29) is 73.5 Å². The Labute approximate surface area is 379 Å². The van der Waals surface area contributed by atoms with Crippen LogP contribution >= 0.6 is 0 Å². The van der Waals surface area contributed by atoms with Crippen molar-refractivity contribution in [3.63, 3.8) is 0 Å². The average Bonchev–Trinajstić information content (AvgIpc) is 4.25. The molecule has 0 amide bonds. The zero-order chi connectivity index (χ0) is 44.7. The van der Waals surface area contributed by atoms with E-state index >= 15 is 0 Å². The molecule has 14 atom stereocenters. The molecule has 0 bridgehead atoms. The lowest BCUT2D eigenvalue weighted by molar-refractivity contribution is -0.299. The lowest BCUT2D eigenvalue weighted by Gasteiger charge is -2.53. The van der Waals surface area contributed by atoms with E-state index in [1.54, 1.807) is 0 Å². The summed E-state index contributed by atoms with van der Waals surface area (Å²) in [4.78, 5) is 40.6. The maximum Gasteiger partial charge on any atom is 0.334 e. The van der Waals surface area contributed by atoms with Gasteiger partial charge in [-0.2, -0.15) is 0 Å². The van der Waals surface area contributed by atoms with Crippen molar-refractivity contribution < 1.29 is 61.8 Å². The molecule has 2 spiro atoms. The molecule has 3 aromatic carbocycles. The van der Waals surface area contributed by atoms with Crippen LogP contribution in [-0.4, -0.2) is 96.9 Å². The van der Waals surface area contributed by atoms with Crippen molar-refractivity contribution in [2.45, 2.75) is 145 Å². The van der Waals surface area contributed by atoms with Crippen molar-refractivity contribution in [1.82, 2.24) is 0 Å². The lowest BCUT2D eigenvalue weighted by Crippen LogP contribution is -2.70. The number of carbonyl (C=O) groups is 3. The highest BCUT2D eigenvalue weighted by Gasteiger charge is 3.01. The normalized spacial score (nSPS) is 39.1. The van der Waals surface area contributed by atoms with Crippen LogP contribution in [0.5, 0.6) is 0 Å². The first-order valence-electron chi connectivity index (χ1n) is 23.4. The van der Waals surface area contributed by atoms with Crippen molar-refractivity contribution in [3.05, 3.63) is 119 Å². The van der Waals surface area contributed by atoms with E-state index in [1.165, 1.54) is 0 Å². The number of cyclic esters (lactones) is 1. The van der Waals surface area contributed by atoms with Crippen molar-refractivity contribution in [1.29, 1.82) is 0 Å². The van der Waals surface area contributed by atoms with Crippen molar-refractivity contribution in [2.24, 2.45) is 23.2 Å². The fourth-order valence-corrected chi connectivity index (χ4v) is 12.6. The van der Waals surface area contributed by atoms with Gasteiger partial charge >= 0.3 is 17.9 Å². The zero-order valence-corrected chi connectivity index (χ0v) is 37.4. The van der Waals surface area contributed by atoms with Gasteiger partial charge in [-0.15, -0.1) is 0 Å². The molecule has 4 saturated heterocycles. The maximum absolute atomic E-state index is 14.1. The number of rotatable bonds is 16. The number of carbonyl (C=O) groups excluding carboxylic acids is 3. The van der Waals surface area contributed by atoms with Crippen LogP contribution < -0.4 is 0 Å². The van der Waals surface area contributed by atoms with Gasteiger partial charge in [0.1, 0.15) is 42.2 Å². The summed E-state index contributed by atoms with van der Waals surface area (Å²) in [7, 11) is 0. The SMILES string of the molecule is CC(C)[C@]12O[C@H]1[C@@H]1O[C@]13[C@]1(O[C@H]1C[C@H]1C4=C(CC[C@@]13C)C(=O)OC4)[C@@H]2OC(=O)CCC(=O)O[C@H]1OC(COCc2ccccc2)[C@H](OCc2ccccc2)[C@H](C)C1OCc1ccccc1. The molecule has 11 rings (SSSR count). The number of esters is 3. The molecular formula is C52H58O13. The summed E-state index contributed by atoms with van der Waals surface area (Å²) in [6.45, 7) is 9.84. The van der Waals surface area contributed by atoms with Gasteiger partial charge in [-0.3, -0.25) is 9.59 Å². The molecule has 2 unspecified atom stereocenters. The quantitative estimate of drug-likeness (QED) is 0.0850. The Morgan fingerprint density at radius 2 is 1.38 bits per heavy atom. The average molecular weight is 891 g/mol. The summed E-state index contributed by atoms with van der Waals surface area (Å²) in [6, 6.07) is 29.6. The Hall–Kier alpha value is -4.47. The van der Waals surface area contributed by atoms with E-state index < -0.39 is 59.4 Å². The van der Waals surface area contributed by atoms with Gasteiger partial charge in [-0.1, -0.05) is 119 Å². The van der Waals surface area contributed by atoms with Crippen molar-refractivity contribution >= 4 is 17.9 Å². The first-order valence-corrected chi connectivity index (χ1v) is 23.4. The fourth-order valence-electron chi connectivity index (χ4n) is 12.6. The highest BCUT2D eigenvalue weighted by Crippen LogP contribution is 2.83. The summed E-state index contributed by atoms with van der Waals surface area (Å²) >= 11 is 0. The molecule has 5 aliphatic heterocycles. The van der Waals surface area contributed by atoms with Gasteiger partial charge in [0, 0.05) is 16.9 Å². The van der Waals surface area contributed by atoms with E-state index in [4.69, 9.17) is 47.4 Å². The molecule has 3 aromatic rings. The van der Waals surface area contributed by atoms with Crippen LogP contribution in [0.15, 0.2) is 102 Å². The van der Waals surface area contributed by atoms with Crippen LogP contribution in [0.2, 0.25) is 0 Å². The van der Waals surface area contributed by atoms with Gasteiger partial charge in [0.25, 0.3) is 0 Å². The number of epoxide rings is 3. The summed E-state index contributed by atoms with van der Waals surface area (Å²) in [5, 5.41) is 0. The number of hydrogen-bond donors (Lipinski definition) is 0. The Kier molecular flexibility index (Phi) is 10.9. The lowest BCUT2D eigenvalue weighted by atomic mass is 9.46. The molecule has 2 saturated carbocycles. The molecule has 5 heterocycles. The summed E-state index contributed by atoms with van der Waals surface area (Å²) < 4.78 is 64.4. The van der Waals surface area contributed by atoms with Crippen molar-refractivity contribution in [3.8, 4) is 0 Å². The van der Waals surface area contributed by atoms with Gasteiger partial charge in [0.15, 0.2) is 11.7 Å². The molecule has 344 valence electrons. The van der Waals surface area contributed by atoms with Gasteiger partial charge in [-0.25, -0.2) is 4.79 Å². The molecule has 13 heteroatoms. The minimum atomic E-state index is -1.12. The van der Waals surface area contributed by atoms with E-state index in [1.807, 2.05) is 97.9 Å². The Bertz CT molecular complexity index is 2320. The molecule has 8 aliphatic rings. The number of fused-ring (bicyclic) bond motifs is 4. The Morgan fingerprint density at radius 1 is 0.769 bits per heavy atom. The highest BCUT2D eigenvalue weighted by molar-refractivity contribution is 5.92. The minimum absolute atomic E-state index is 0.00730. The molecule has 0 N–H and O–H groups in total. The van der Waals surface area contributed by atoms with Gasteiger partial charge in [0.05, 0.1) is 51.5 Å². The molecular weight excluding hydrogens is 833 g/mol. The van der Waals surface area contributed by atoms with Crippen LogP contribution in [0.1, 0.15) is 76.5 Å². The van der Waals surface area contributed by atoms with Crippen LogP contribution in [0.25, 0.3) is 0 Å². The predicted octanol–water partition coefficient (Wildman–Crippen LogP) is 6.73. The first kappa shape index (κ1) is 43.1. The second-order valence-corrected chi connectivity index (χ2v) is 19.8. The maximum atomic E-state index is 14.1. The third-order valence-corrected chi connectivity index (χ3v) is 16.0. The summed E-state index contributed by atoms with van der Waals surface area (Å²) in [5.41, 5.74) is 2.03. The Balaban J connectivity index is 0.796. The molecule has 65 heavy (non-hydrogen) atoms. The topological polar surface area (TPSA) is 153 Å². The molecule has 0 aromatic heterocycles. The zero-order valence-electron chi connectivity index (χ0n) is 37.4. The predicted molar refractivity (Wildman–Crippen MR) is 230 cm³/mol. The summed E-state index contributed by atoms with van der Waals surface area (Å²) in [5.74, 6) is -1.66. The molecule has 0 radical (unpaired) electrons. The molecule has 13 nitrogen and oxygen atoms in total. The minimum Gasteiger partial charge on any atom is -0.458 e. The third kappa shape index (κ3) is 6.94. The Morgan fingerprint density at radius 3 is 2.03 bits per heavy atom.